The number of phenols is 1. The van der Waals surface area contributed by atoms with Crippen LogP contribution in [-0.4, -0.2) is 29.1 Å². The summed E-state index contributed by atoms with van der Waals surface area (Å²) in [6.45, 7) is 7.22. The van der Waals surface area contributed by atoms with Crippen LogP contribution in [0.2, 0.25) is 0 Å². The van der Waals surface area contributed by atoms with Crippen molar-refractivity contribution in [2.45, 2.75) is 32.7 Å². The van der Waals surface area contributed by atoms with Crippen LogP contribution >= 0.6 is 0 Å². The normalized spacial score (nSPS) is 11.9. The Morgan fingerprint density at radius 2 is 1.69 bits per heavy atom. The van der Waals surface area contributed by atoms with Gasteiger partial charge in [0.25, 0.3) is 0 Å². The molecule has 3 rings (SSSR count). The van der Waals surface area contributed by atoms with E-state index in [-0.39, 0.29) is 11.2 Å². The first kappa shape index (κ1) is 18.2. The molecule has 0 fully saturated rings. The van der Waals surface area contributed by atoms with Crippen molar-refractivity contribution in [3.8, 4) is 28.3 Å². The minimum absolute atomic E-state index is 0.104. The fraction of sp³-hybridized carbons (Fsp3) is 0.318. The van der Waals surface area contributed by atoms with Crippen LogP contribution in [0.3, 0.4) is 0 Å². The molecular weight excluding hydrogens is 324 g/mol. The Bertz CT molecular complexity index is 887. The molecule has 1 heterocycles. The summed E-state index contributed by atoms with van der Waals surface area (Å²) in [5.74, 6) is 1.55. The van der Waals surface area contributed by atoms with Gasteiger partial charge in [-0.25, -0.2) is 4.98 Å². The third-order valence-corrected chi connectivity index (χ3v) is 4.26. The number of nitrogens with zero attached hydrogens (tertiary/aromatic N) is 2. The van der Waals surface area contributed by atoms with Crippen molar-refractivity contribution < 1.29 is 9.52 Å². The molecule has 0 bridgehead atoms. The summed E-state index contributed by atoms with van der Waals surface area (Å²) in [5, 5.41) is 9.84. The zero-order chi connectivity index (χ0) is 18.9. The van der Waals surface area contributed by atoms with E-state index in [0.717, 1.165) is 16.8 Å². The Kier molecular flexibility index (Phi) is 4.88. The first-order chi connectivity index (χ1) is 12.2. The highest BCUT2D eigenvalue weighted by molar-refractivity contribution is 5.77. The van der Waals surface area contributed by atoms with Gasteiger partial charge in [-0.2, -0.15) is 0 Å². The highest BCUT2D eigenvalue weighted by Crippen LogP contribution is 2.35. The fourth-order valence-electron chi connectivity index (χ4n) is 2.87. The SMILES string of the molecule is CN(C)Cc1nc(-c2ccc(C(C)(C)C)cc2)c(-c2cccc(O)c2)o1. The molecule has 26 heavy (non-hydrogen) atoms. The van der Waals surface area contributed by atoms with E-state index in [1.165, 1.54) is 5.56 Å². The molecule has 1 aromatic heterocycles. The summed E-state index contributed by atoms with van der Waals surface area (Å²) in [6.07, 6.45) is 0. The molecule has 0 amide bonds. The summed E-state index contributed by atoms with van der Waals surface area (Å²) < 4.78 is 6.05. The first-order valence-corrected chi connectivity index (χ1v) is 8.79. The van der Waals surface area contributed by atoms with E-state index in [9.17, 15) is 5.11 Å². The van der Waals surface area contributed by atoms with E-state index >= 15 is 0 Å². The van der Waals surface area contributed by atoms with Crippen molar-refractivity contribution in [1.82, 2.24) is 9.88 Å². The monoisotopic (exact) mass is 350 g/mol. The second-order valence-electron chi connectivity index (χ2n) is 7.90. The molecule has 3 aromatic rings. The number of hydrogen-bond donors (Lipinski definition) is 1. The van der Waals surface area contributed by atoms with E-state index in [2.05, 4.69) is 45.0 Å². The maximum atomic E-state index is 9.84. The molecule has 0 aliphatic carbocycles. The Labute approximate surface area is 155 Å². The predicted octanol–water partition coefficient (Wildman–Crippen LogP) is 5.07. The van der Waals surface area contributed by atoms with Gasteiger partial charge in [-0.05, 0) is 37.2 Å². The van der Waals surface area contributed by atoms with Crippen molar-refractivity contribution in [1.29, 1.82) is 0 Å². The molecule has 0 radical (unpaired) electrons. The Morgan fingerprint density at radius 3 is 2.27 bits per heavy atom. The largest absolute Gasteiger partial charge is 0.508 e. The number of aromatic hydroxyl groups is 1. The lowest BCUT2D eigenvalue weighted by Gasteiger charge is -2.19. The van der Waals surface area contributed by atoms with Gasteiger partial charge in [0.05, 0.1) is 6.54 Å². The molecule has 0 saturated carbocycles. The van der Waals surface area contributed by atoms with Crippen LogP contribution in [0, 0.1) is 0 Å². The quantitative estimate of drug-likeness (QED) is 0.713. The minimum atomic E-state index is 0.104. The molecule has 4 nitrogen and oxygen atoms in total. The van der Waals surface area contributed by atoms with Crippen molar-refractivity contribution in [2.75, 3.05) is 14.1 Å². The summed E-state index contributed by atoms with van der Waals surface area (Å²) in [7, 11) is 3.96. The molecule has 1 N–H and O–H groups in total. The van der Waals surface area contributed by atoms with Gasteiger partial charge in [0.1, 0.15) is 11.4 Å². The predicted molar refractivity (Wildman–Crippen MR) is 105 cm³/mol. The van der Waals surface area contributed by atoms with Gasteiger partial charge in [0, 0.05) is 11.1 Å². The van der Waals surface area contributed by atoms with Crippen LogP contribution in [0.5, 0.6) is 5.75 Å². The highest BCUT2D eigenvalue weighted by Gasteiger charge is 2.19. The van der Waals surface area contributed by atoms with Crippen molar-refractivity contribution in [2.24, 2.45) is 0 Å². The number of benzene rings is 2. The number of aromatic nitrogens is 1. The number of rotatable bonds is 4. The minimum Gasteiger partial charge on any atom is -0.508 e. The van der Waals surface area contributed by atoms with Crippen LogP contribution in [0.4, 0.5) is 0 Å². The topological polar surface area (TPSA) is 49.5 Å². The van der Waals surface area contributed by atoms with E-state index in [1.54, 1.807) is 12.1 Å². The van der Waals surface area contributed by atoms with Crippen molar-refractivity contribution in [3.05, 3.63) is 60.0 Å². The lowest BCUT2D eigenvalue weighted by atomic mass is 9.86. The van der Waals surface area contributed by atoms with Crippen LogP contribution in [0.15, 0.2) is 52.9 Å². The van der Waals surface area contributed by atoms with Crippen LogP contribution < -0.4 is 0 Å². The molecular formula is C22H26N2O2. The first-order valence-electron chi connectivity index (χ1n) is 8.79. The second kappa shape index (κ2) is 6.96. The summed E-state index contributed by atoms with van der Waals surface area (Å²) in [5.41, 5.74) is 4.00. The van der Waals surface area contributed by atoms with Crippen LogP contribution in [0.25, 0.3) is 22.6 Å². The average Bonchev–Trinajstić information content (AvgIpc) is 2.97. The van der Waals surface area contributed by atoms with E-state index in [1.807, 2.05) is 31.1 Å². The Balaban J connectivity index is 2.08. The molecule has 0 aliphatic rings. The Hall–Kier alpha value is -2.59. The zero-order valence-electron chi connectivity index (χ0n) is 16.1. The summed E-state index contributed by atoms with van der Waals surface area (Å²) >= 11 is 0. The third-order valence-electron chi connectivity index (χ3n) is 4.26. The van der Waals surface area contributed by atoms with Gasteiger partial charge in [-0.1, -0.05) is 57.2 Å². The van der Waals surface area contributed by atoms with Gasteiger partial charge in [0.2, 0.25) is 5.89 Å². The zero-order valence-corrected chi connectivity index (χ0v) is 16.1. The van der Waals surface area contributed by atoms with E-state index in [4.69, 9.17) is 9.40 Å². The standard InChI is InChI=1S/C22H26N2O2/c1-22(2,3)17-11-9-15(10-12-17)20-21(16-7-6-8-18(25)13-16)26-19(23-20)14-24(4)5/h6-13,25H,14H2,1-5H3. The maximum absolute atomic E-state index is 9.84. The number of hydrogen-bond acceptors (Lipinski definition) is 4. The van der Waals surface area contributed by atoms with Gasteiger partial charge in [-0.15, -0.1) is 0 Å². The maximum Gasteiger partial charge on any atom is 0.209 e. The molecule has 0 aliphatic heterocycles. The van der Waals surface area contributed by atoms with Crippen LogP contribution in [-0.2, 0) is 12.0 Å². The molecule has 2 aromatic carbocycles. The average molecular weight is 350 g/mol. The molecule has 0 atom stereocenters. The smallest absolute Gasteiger partial charge is 0.209 e. The molecule has 0 spiro atoms. The Morgan fingerprint density at radius 1 is 1.00 bits per heavy atom. The summed E-state index contributed by atoms with van der Waals surface area (Å²) in [4.78, 5) is 6.75. The molecule has 0 unspecified atom stereocenters. The van der Waals surface area contributed by atoms with E-state index < -0.39 is 0 Å². The van der Waals surface area contributed by atoms with Gasteiger partial charge >= 0.3 is 0 Å². The van der Waals surface area contributed by atoms with Gasteiger partial charge in [0.15, 0.2) is 5.76 Å². The lowest BCUT2D eigenvalue weighted by molar-refractivity contribution is 0.344. The molecule has 4 heteroatoms. The molecule has 0 saturated heterocycles. The highest BCUT2D eigenvalue weighted by atomic mass is 16.4. The second-order valence-corrected chi connectivity index (χ2v) is 7.90. The third kappa shape index (κ3) is 3.97. The van der Waals surface area contributed by atoms with Crippen molar-refractivity contribution >= 4 is 0 Å². The lowest BCUT2D eigenvalue weighted by Crippen LogP contribution is -2.11. The van der Waals surface area contributed by atoms with Gasteiger partial charge in [-0.3, -0.25) is 0 Å². The van der Waals surface area contributed by atoms with Crippen molar-refractivity contribution in [3.63, 3.8) is 0 Å². The van der Waals surface area contributed by atoms with E-state index in [0.29, 0.717) is 18.2 Å². The molecule has 136 valence electrons. The van der Waals surface area contributed by atoms with Gasteiger partial charge < -0.3 is 14.4 Å². The summed E-state index contributed by atoms with van der Waals surface area (Å²) in [6, 6.07) is 15.5. The van der Waals surface area contributed by atoms with Crippen LogP contribution in [0.1, 0.15) is 32.2 Å². The number of phenolic OH excluding ortho intramolecular Hbond substituents is 1. The fourth-order valence-corrected chi connectivity index (χ4v) is 2.87. The number of oxazole rings is 1.